The zero-order valence-corrected chi connectivity index (χ0v) is 13.2. The van der Waals surface area contributed by atoms with Crippen LogP contribution in [0.25, 0.3) is 0 Å². The van der Waals surface area contributed by atoms with Crippen LogP contribution in [-0.2, 0) is 10.2 Å². The third-order valence-electron chi connectivity index (χ3n) is 4.27. The predicted octanol–water partition coefficient (Wildman–Crippen LogP) is 2.92. The van der Waals surface area contributed by atoms with Crippen molar-refractivity contribution in [1.29, 1.82) is 0 Å². The largest absolute Gasteiger partial charge is 0.496 e. The molecule has 1 N–H and O–H groups in total. The van der Waals surface area contributed by atoms with Crippen LogP contribution in [0.5, 0.6) is 11.5 Å². The lowest BCUT2D eigenvalue weighted by molar-refractivity contribution is -0.123. The minimum Gasteiger partial charge on any atom is -0.496 e. The van der Waals surface area contributed by atoms with Crippen molar-refractivity contribution in [3.05, 3.63) is 60.2 Å². The molecule has 4 nitrogen and oxygen atoms in total. The molecule has 0 aromatic heterocycles. The van der Waals surface area contributed by atoms with Gasteiger partial charge in [0, 0.05) is 17.5 Å². The highest BCUT2D eigenvalue weighted by Gasteiger charge is 2.46. The van der Waals surface area contributed by atoms with Crippen molar-refractivity contribution in [2.24, 2.45) is 0 Å². The number of methoxy groups -OCH3 is 1. The van der Waals surface area contributed by atoms with Crippen molar-refractivity contribution < 1.29 is 14.3 Å². The molecular formula is C19H21NO3. The van der Waals surface area contributed by atoms with Crippen molar-refractivity contribution in [2.75, 3.05) is 20.3 Å². The summed E-state index contributed by atoms with van der Waals surface area (Å²) >= 11 is 0. The lowest BCUT2D eigenvalue weighted by atomic mass is 9.95. The minimum absolute atomic E-state index is 0.00894. The molecule has 4 heteroatoms. The number of amides is 1. The Balaban J connectivity index is 1.54. The van der Waals surface area contributed by atoms with E-state index in [0.29, 0.717) is 12.3 Å². The average Bonchev–Trinajstić information content (AvgIpc) is 3.40. The van der Waals surface area contributed by atoms with E-state index in [4.69, 9.17) is 9.47 Å². The number of carbonyl (C=O) groups is 1. The zero-order valence-electron chi connectivity index (χ0n) is 13.2. The second kappa shape index (κ2) is 6.73. The summed E-state index contributed by atoms with van der Waals surface area (Å²) in [4.78, 5) is 12.0. The maximum atomic E-state index is 12.0. The average molecular weight is 311 g/mol. The highest BCUT2D eigenvalue weighted by molar-refractivity contribution is 5.77. The Morgan fingerprint density at radius 2 is 1.78 bits per heavy atom. The second-order valence-electron chi connectivity index (χ2n) is 5.86. The molecule has 23 heavy (non-hydrogen) atoms. The molecule has 120 valence electrons. The van der Waals surface area contributed by atoms with Gasteiger partial charge < -0.3 is 14.8 Å². The molecule has 1 aliphatic rings. The van der Waals surface area contributed by atoms with Gasteiger partial charge in [0.2, 0.25) is 0 Å². The van der Waals surface area contributed by atoms with E-state index in [1.165, 1.54) is 5.56 Å². The van der Waals surface area contributed by atoms with E-state index in [1.54, 1.807) is 7.11 Å². The van der Waals surface area contributed by atoms with E-state index in [1.807, 2.05) is 48.5 Å². The Labute approximate surface area is 136 Å². The van der Waals surface area contributed by atoms with Crippen molar-refractivity contribution in [2.45, 2.75) is 18.3 Å². The summed E-state index contributed by atoms with van der Waals surface area (Å²) in [5, 5.41) is 2.99. The molecular weight excluding hydrogens is 290 g/mol. The summed E-state index contributed by atoms with van der Waals surface area (Å²) in [7, 11) is 1.68. The van der Waals surface area contributed by atoms with Gasteiger partial charge in [0.25, 0.3) is 5.91 Å². The van der Waals surface area contributed by atoms with E-state index in [-0.39, 0.29) is 17.9 Å². The van der Waals surface area contributed by atoms with Crippen LogP contribution >= 0.6 is 0 Å². The molecule has 0 radical (unpaired) electrons. The predicted molar refractivity (Wildman–Crippen MR) is 88.9 cm³/mol. The van der Waals surface area contributed by atoms with Crippen molar-refractivity contribution in [1.82, 2.24) is 5.32 Å². The maximum Gasteiger partial charge on any atom is 0.257 e. The van der Waals surface area contributed by atoms with Gasteiger partial charge in [0.15, 0.2) is 6.61 Å². The molecule has 1 aliphatic carbocycles. The minimum atomic E-state index is -0.102. The standard InChI is InChI=1S/C19H21NO3/c1-22-17-10-6-5-9-16(17)19(11-12-19)14-20-18(21)13-23-15-7-3-2-4-8-15/h2-10H,11-14H2,1H3,(H,20,21). The number of nitrogens with one attached hydrogen (secondary N) is 1. The molecule has 0 heterocycles. The van der Waals surface area contributed by atoms with E-state index in [9.17, 15) is 4.79 Å². The van der Waals surface area contributed by atoms with Crippen molar-refractivity contribution in [3.8, 4) is 11.5 Å². The third-order valence-corrected chi connectivity index (χ3v) is 4.27. The summed E-state index contributed by atoms with van der Waals surface area (Å²) in [5.41, 5.74) is 1.18. The monoisotopic (exact) mass is 311 g/mol. The lowest BCUT2D eigenvalue weighted by Gasteiger charge is -2.19. The number of para-hydroxylation sites is 2. The summed E-state index contributed by atoms with van der Waals surface area (Å²) in [6, 6.07) is 17.4. The van der Waals surface area contributed by atoms with E-state index < -0.39 is 0 Å². The normalized spacial score (nSPS) is 14.8. The first-order valence-electron chi connectivity index (χ1n) is 7.82. The fraction of sp³-hybridized carbons (Fsp3) is 0.316. The summed E-state index contributed by atoms with van der Waals surface area (Å²) < 4.78 is 10.9. The lowest BCUT2D eigenvalue weighted by Crippen LogP contribution is -2.35. The van der Waals surface area contributed by atoms with Crippen LogP contribution < -0.4 is 14.8 Å². The highest BCUT2D eigenvalue weighted by Crippen LogP contribution is 2.50. The maximum absolute atomic E-state index is 12.0. The molecule has 2 aromatic rings. The quantitative estimate of drug-likeness (QED) is 0.855. The van der Waals surface area contributed by atoms with Crippen LogP contribution in [-0.4, -0.2) is 26.2 Å². The first kappa shape index (κ1) is 15.4. The molecule has 3 rings (SSSR count). The topological polar surface area (TPSA) is 47.6 Å². The summed E-state index contributed by atoms with van der Waals surface area (Å²) in [6.45, 7) is 0.649. The van der Waals surface area contributed by atoms with Crippen LogP contribution in [0.15, 0.2) is 54.6 Å². The van der Waals surface area contributed by atoms with E-state index in [2.05, 4.69) is 11.4 Å². The molecule has 1 amide bonds. The SMILES string of the molecule is COc1ccccc1C1(CNC(=O)COc2ccccc2)CC1. The van der Waals surface area contributed by atoms with Gasteiger partial charge in [-0.15, -0.1) is 0 Å². The molecule has 0 atom stereocenters. The molecule has 0 aliphatic heterocycles. The van der Waals surface area contributed by atoms with Crippen LogP contribution in [0.2, 0.25) is 0 Å². The van der Waals surface area contributed by atoms with Crippen LogP contribution in [0.4, 0.5) is 0 Å². The van der Waals surface area contributed by atoms with Gasteiger partial charge in [-0.25, -0.2) is 0 Å². The Hall–Kier alpha value is -2.49. The molecule has 1 saturated carbocycles. The first-order valence-corrected chi connectivity index (χ1v) is 7.82. The number of carbonyl (C=O) groups excluding carboxylic acids is 1. The Morgan fingerprint density at radius 3 is 2.48 bits per heavy atom. The van der Waals surface area contributed by atoms with Gasteiger partial charge in [-0.3, -0.25) is 4.79 Å². The van der Waals surface area contributed by atoms with Crippen LogP contribution in [0.1, 0.15) is 18.4 Å². The van der Waals surface area contributed by atoms with Crippen LogP contribution in [0, 0.1) is 0 Å². The molecule has 0 spiro atoms. The zero-order chi connectivity index (χ0) is 16.1. The van der Waals surface area contributed by atoms with Gasteiger partial charge in [-0.05, 0) is 31.0 Å². The number of rotatable bonds is 7. The number of hydrogen-bond donors (Lipinski definition) is 1. The second-order valence-corrected chi connectivity index (χ2v) is 5.86. The molecule has 0 unspecified atom stereocenters. The number of hydrogen-bond acceptors (Lipinski definition) is 3. The van der Waals surface area contributed by atoms with Gasteiger partial charge in [0.05, 0.1) is 7.11 Å². The summed E-state index contributed by atoms with van der Waals surface area (Å²) in [5.74, 6) is 1.49. The fourth-order valence-corrected chi connectivity index (χ4v) is 2.76. The smallest absolute Gasteiger partial charge is 0.257 e. The molecule has 0 bridgehead atoms. The van der Waals surface area contributed by atoms with Gasteiger partial charge >= 0.3 is 0 Å². The first-order chi connectivity index (χ1) is 11.2. The highest BCUT2D eigenvalue weighted by atomic mass is 16.5. The Kier molecular flexibility index (Phi) is 4.51. The Morgan fingerprint density at radius 1 is 1.09 bits per heavy atom. The molecule has 2 aromatic carbocycles. The Bertz CT molecular complexity index is 665. The number of benzene rings is 2. The van der Waals surface area contributed by atoms with E-state index >= 15 is 0 Å². The summed E-state index contributed by atoms with van der Waals surface area (Å²) in [6.07, 6.45) is 2.13. The molecule has 1 fully saturated rings. The van der Waals surface area contributed by atoms with Crippen molar-refractivity contribution >= 4 is 5.91 Å². The fourth-order valence-electron chi connectivity index (χ4n) is 2.76. The third kappa shape index (κ3) is 3.65. The van der Waals surface area contributed by atoms with Crippen LogP contribution in [0.3, 0.4) is 0 Å². The van der Waals surface area contributed by atoms with Crippen molar-refractivity contribution in [3.63, 3.8) is 0 Å². The van der Waals surface area contributed by atoms with Gasteiger partial charge in [0.1, 0.15) is 11.5 Å². The molecule has 0 saturated heterocycles. The van der Waals surface area contributed by atoms with Gasteiger partial charge in [-0.2, -0.15) is 0 Å². The van der Waals surface area contributed by atoms with E-state index in [0.717, 1.165) is 18.6 Å². The number of ether oxygens (including phenoxy) is 2. The van der Waals surface area contributed by atoms with Gasteiger partial charge in [-0.1, -0.05) is 36.4 Å².